The van der Waals surface area contributed by atoms with Gasteiger partial charge in [0.1, 0.15) is 5.82 Å². The summed E-state index contributed by atoms with van der Waals surface area (Å²) >= 11 is 0. The van der Waals surface area contributed by atoms with Crippen molar-refractivity contribution in [1.82, 2.24) is 9.55 Å². The number of hydrogen-bond acceptors (Lipinski definition) is 3. The normalized spacial score (nSPS) is 10.4. The molecule has 0 amide bonds. The standard InChI is InChI=1S/C10H10N2O2/c1-7-3-2-6-11-10(7)12-8(13)4-5-9(12)14/h2-6,13-14H,1H3. The molecule has 0 aliphatic rings. The molecule has 2 rings (SSSR count). The van der Waals surface area contributed by atoms with Gasteiger partial charge in [0.05, 0.1) is 0 Å². The topological polar surface area (TPSA) is 58.3 Å². The van der Waals surface area contributed by atoms with Crippen molar-refractivity contribution in [2.45, 2.75) is 6.92 Å². The Morgan fingerprint density at radius 3 is 2.36 bits per heavy atom. The predicted octanol–water partition coefficient (Wildman–Crippen LogP) is 1.59. The number of aryl methyl sites for hydroxylation is 1. The maximum atomic E-state index is 9.47. The molecular weight excluding hydrogens is 180 g/mol. The minimum Gasteiger partial charge on any atom is -0.494 e. The minimum absolute atomic E-state index is 0.0238. The zero-order valence-electron chi connectivity index (χ0n) is 7.68. The predicted molar refractivity (Wildman–Crippen MR) is 51.6 cm³/mol. The molecule has 0 saturated heterocycles. The highest BCUT2D eigenvalue weighted by atomic mass is 16.3. The molecular formula is C10H10N2O2. The van der Waals surface area contributed by atoms with E-state index in [1.807, 2.05) is 13.0 Å². The van der Waals surface area contributed by atoms with Gasteiger partial charge in [-0.3, -0.25) is 0 Å². The van der Waals surface area contributed by atoms with Gasteiger partial charge < -0.3 is 10.2 Å². The van der Waals surface area contributed by atoms with Crippen LogP contribution in [-0.2, 0) is 0 Å². The largest absolute Gasteiger partial charge is 0.494 e. The van der Waals surface area contributed by atoms with E-state index in [9.17, 15) is 10.2 Å². The van der Waals surface area contributed by atoms with Crippen molar-refractivity contribution >= 4 is 0 Å². The molecule has 0 spiro atoms. The van der Waals surface area contributed by atoms with Crippen LogP contribution in [0, 0.1) is 6.92 Å². The van der Waals surface area contributed by atoms with Gasteiger partial charge in [-0.25, -0.2) is 9.55 Å². The molecule has 0 saturated carbocycles. The van der Waals surface area contributed by atoms with Gasteiger partial charge in [0.25, 0.3) is 0 Å². The van der Waals surface area contributed by atoms with E-state index in [0.717, 1.165) is 5.56 Å². The summed E-state index contributed by atoms with van der Waals surface area (Å²) in [4.78, 5) is 4.09. The van der Waals surface area contributed by atoms with E-state index in [2.05, 4.69) is 4.98 Å². The van der Waals surface area contributed by atoms with E-state index in [0.29, 0.717) is 5.82 Å². The summed E-state index contributed by atoms with van der Waals surface area (Å²) in [5.41, 5.74) is 0.884. The molecule has 72 valence electrons. The van der Waals surface area contributed by atoms with Gasteiger partial charge in [-0.1, -0.05) is 6.07 Å². The third kappa shape index (κ3) is 1.21. The van der Waals surface area contributed by atoms with E-state index < -0.39 is 0 Å². The van der Waals surface area contributed by atoms with E-state index in [1.54, 1.807) is 12.3 Å². The van der Waals surface area contributed by atoms with Crippen LogP contribution in [0.25, 0.3) is 5.82 Å². The van der Waals surface area contributed by atoms with E-state index in [1.165, 1.54) is 16.7 Å². The molecule has 0 bridgehead atoms. The molecule has 2 aromatic heterocycles. The quantitative estimate of drug-likeness (QED) is 0.718. The van der Waals surface area contributed by atoms with Gasteiger partial charge in [0.15, 0.2) is 11.8 Å². The van der Waals surface area contributed by atoms with Crippen molar-refractivity contribution in [3.8, 4) is 17.6 Å². The molecule has 2 N–H and O–H groups in total. The first-order valence-corrected chi connectivity index (χ1v) is 4.22. The van der Waals surface area contributed by atoms with Crippen molar-refractivity contribution in [3.05, 3.63) is 36.0 Å². The van der Waals surface area contributed by atoms with Gasteiger partial charge in [-0.05, 0) is 18.6 Å². The molecule has 0 aliphatic carbocycles. The Morgan fingerprint density at radius 2 is 1.79 bits per heavy atom. The Hall–Kier alpha value is -1.97. The van der Waals surface area contributed by atoms with Crippen molar-refractivity contribution in [3.63, 3.8) is 0 Å². The van der Waals surface area contributed by atoms with Crippen LogP contribution in [0.15, 0.2) is 30.5 Å². The van der Waals surface area contributed by atoms with Crippen LogP contribution in [0.5, 0.6) is 11.8 Å². The van der Waals surface area contributed by atoms with Crippen LogP contribution < -0.4 is 0 Å². The van der Waals surface area contributed by atoms with Crippen molar-refractivity contribution < 1.29 is 10.2 Å². The Bertz CT molecular complexity index is 443. The second-order valence-corrected chi connectivity index (χ2v) is 3.03. The van der Waals surface area contributed by atoms with E-state index in [4.69, 9.17) is 0 Å². The summed E-state index contributed by atoms with van der Waals surface area (Å²) in [7, 11) is 0. The first-order valence-electron chi connectivity index (χ1n) is 4.22. The monoisotopic (exact) mass is 190 g/mol. The number of aromatic hydroxyl groups is 2. The second kappa shape index (κ2) is 3.06. The smallest absolute Gasteiger partial charge is 0.199 e. The van der Waals surface area contributed by atoms with Gasteiger partial charge in [0.2, 0.25) is 0 Å². The lowest BCUT2D eigenvalue weighted by Crippen LogP contribution is -1.98. The molecule has 2 aromatic rings. The molecule has 0 unspecified atom stereocenters. The Labute approximate surface area is 81.1 Å². The van der Waals surface area contributed by atoms with Crippen molar-refractivity contribution in [1.29, 1.82) is 0 Å². The summed E-state index contributed by atoms with van der Waals surface area (Å²) < 4.78 is 1.29. The van der Waals surface area contributed by atoms with Crippen LogP contribution in [-0.4, -0.2) is 19.8 Å². The SMILES string of the molecule is Cc1cccnc1-n1c(O)ccc1O. The average molecular weight is 190 g/mol. The summed E-state index contributed by atoms with van der Waals surface area (Å²) in [6.45, 7) is 1.86. The third-order valence-electron chi connectivity index (χ3n) is 2.03. The molecule has 0 aliphatic heterocycles. The Kier molecular flexibility index (Phi) is 1.89. The second-order valence-electron chi connectivity index (χ2n) is 3.03. The summed E-state index contributed by atoms with van der Waals surface area (Å²) in [5, 5.41) is 18.9. The highest BCUT2D eigenvalue weighted by Gasteiger charge is 2.10. The number of rotatable bonds is 1. The first kappa shape index (κ1) is 8.62. The number of nitrogens with zero attached hydrogens (tertiary/aromatic N) is 2. The molecule has 0 fully saturated rings. The molecule has 4 nitrogen and oxygen atoms in total. The molecule has 0 radical (unpaired) electrons. The van der Waals surface area contributed by atoms with E-state index >= 15 is 0 Å². The molecule has 4 heteroatoms. The van der Waals surface area contributed by atoms with Gasteiger partial charge in [0, 0.05) is 18.3 Å². The maximum Gasteiger partial charge on any atom is 0.199 e. The summed E-state index contributed by atoms with van der Waals surface area (Å²) in [6.07, 6.45) is 1.61. The van der Waals surface area contributed by atoms with E-state index in [-0.39, 0.29) is 11.8 Å². The van der Waals surface area contributed by atoms with Crippen LogP contribution in [0.2, 0.25) is 0 Å². The fraction of sp³-hybridized carbons (Fsp3) is 0.100. The molecule has 14 heavy (non-hydrogen) atoms. The number of pyridine rings is 1. The molecule has 0 atom stereocenters. The molecule has 2 heterocycles. The average Bonchev–Trinajstić information content (AvgIpc) is 2.48. The summed E-state index contributed by atoms with van der Waals surface area (Å²) in [5.74, 6) is 0.487. The third-order valence-corrected chi connectivity index (χ3v) is 2.03. The maximum absolute atomic E-state index is 9.47. The van der Waals surface area contributed by atoms with Crippen LogP contribution in [0.4, 0.5) is 0 Å². The van der Waals surface area contributed by atoms with Crippen LogP contribution in [0.3, 0.4) is 0 Å². The summed E-state index contributed by atoms with van der Waals surface area (Å²) in [6, 6.07) is 6.50. The first-order chi connectivity index (χ1) is 6.70. The zero-order chi connectivity index (χ0) is 10.1. The Balaban J connectivity index is 2.66. The van der Waals surface area contributed by atoms with Crippen molar-refractivity contribution in [2.75, 3.05) is 0 Å². The van der Waals surface area contributed by atoms with Crippen LogP contribution in [0.1, 0.15) is 5.56 Å². The lowest BCUT2D eigenvalue weighted by molar-refractivity contribution is 0.400. The van der Waals surface area contributed by atoms with Gasteiger partial charge in [-0.2, -0.15) is 0 Å². The van der Waals surface area contributed by atoms with Gasteiger partial charge in [-0.15, -0.1) is 0 Å². The fourth-order valence-corrected chi connectivity index (χ4v) is 1.34. The Morgan fingerprint density at radius 1 is 1.14 bits per heavy atom. The number of aromatic nitrogens is 2. The fourth-order valence-electron chi connectivity index (χ4n) is 1.34. The lowest BCUT2D eigenvalue weighted by atomic mass is 10.3. The van der Waals surface area contributed by atoms with Crippen molar-refractivity contribution in [2.24, 2.45) is 0 Å². The minimum atomic E-state index is -0.0238. The van der Waals surface area contributed by atoms with Crippen LogP contribution >= 0.6 is 0 Å². The number of hydrogen-bond donors (Lipinski definition) is 2. The zero-order valence-corrected chi connectivity index (χ0v) is 7.68. The highest BCUT2D eigenvalue weighted by Crippen LogP contribution is 2.26. The highest BCUT2D eigenvalue weighted by molar-refractivity contribution is 5.41. The lowest BCUT2D eigenvalue weighted by Gasteiger charge is -2.07. The van der Waals surface area contributed by atoms with Gasteiger partial charge >= 0.3 is 0 Å². The molecule has 0 aromatic carbocycles.